The lowest BCUT2D eigenvalue weighted by molar-refractivity contribution is -0.136. The van der Waals surface area contributed by atoms with Gasteiger partial charge in [0.1, 0.15) is 0 Å². The Morgan fingerprint density at radius 1 is 1.44 bits per heavy atom. The van der Waals surface area contributed by atoms with Gasteiger partial charge in [0.15, 0.2) is 0 Å². The van der Waals surface area contributed by atoms with Gasteiger partial charge >= 0.3 is 0 Å². The fourth-order valence-corrected chi connectivity index (χ4v) is 2.09. The predicted octanol–water partition coefficient (Wildman–Crippen LogP) is 1.01. The molecule has 0 bridgehead atoms. The second-order valence-electron chi connectivity index (χ2n) is 5.09. The first kappa shape index (κ1) is 13.5. The van der Waals surface area contributed by atoms with Crippen LogP contribution in [0, 0.1) is 0 Å². The lowest BCUT2D eigenvalue weighted by atomic mass is 10.0. The molecule has 4 nitrogen and oxygen atoms in total. The summed E-state index contributed by atoms with van der Waals surface area (Å²) in [6.45, 7) is 8.36. The van der Waals surface area contributed by atoms with E-state index in [1.54, 1.807) is 14.0 Å². The second kappa shape index (κ2) is 5.64. The molecular formula is C12H24N2O2. The molecule has 1 aliphatic rings. The van der Waals surface area contributed by atoms with E-state index in [1.807, 2.05) is 18.7 Å². The largest absolute Gasteiger partial charge is 0.377 e. The summed E-state index contributed by atoms with van der Waals surface area (Å²) >= 11 is 0. The number of nitrogens with zero attached hydrogens (tertiary/aromatic N) is 1. The Labute approximate surface area is 98.3 Å². The molecule has 1 heterocycles. The topological polar surface area (TPSA) is 41.6 Å². The summed E-state index contributed by atoms with van der Waals surface area (Å²) in [5.74, 6) is 0.150. The van der Waals surface area contributed by atoms with Crippen LogP contribution in [0.1, 0.15) is 33.6 Å². The van der Waals surface area contributed by atoms with Crippen LogP contribution >= 0.6 is 0 Å². The normalized spacial score (nSPS) is 18.5. The highest BCUT2D eigenvalue weighted by Gasteiger charge is 2.28. The average Bonchev–Trinajstić information content (AvgIpc) is 2.27. The van der Waals surface area contributed by atoms with E-state index < -0.39 is 0 Å². The molecule has 1 aliphatic heterocycles. The zero-order valence-electron chi connectivity index (χ0n) is 10.9. The summed E-state index contributed by atoms with van der Waals surface area (Å²) in [6, 6.07) is 0.369. The minimum atomic E-state index is -0.267. The van der Waals surface area contributed by atoms with E-state index >= 15 is 0 Å². The highest BCUT2D eigenvalue weighted by Crippen LogP contribution is 2.17. The Morgan fingerprint density at radius 3 is 2.44 bits per heavy atom. The smallest absolute Gasteiger partial charge is 0.219 e. The maximum absolute atomic E-state index is 11.7. The molecule has 1 saturated heterocycles. The third-order valence-corrected chi connectivity index (χ3v) is 3.26. The van der Waals surface area contributed by atoms with Gasteiger partial charge in [0.2, 0.25) is 5.91 Å². The number of rotatable bonds is 4. The molecule has 0 saturated carbocycles. The summed E-state index contributed by atoms with van der Waals surface area (Å²) in [4.78, 5) is 13.6. The maximum atomic E-state index is 11.7. The highest BCUT2D eigenvalue weighted by molar-refractivity contribution is 5.73. The van der Waals surface area contributed by atoms with Crippen molar-refractivity contribution in [3.05, 3.63) is 0 Å². The number of carbonyl (C=O) groups excluding carboxylic acids is 1. The van der Waals surface area contributed by atoms with Crippen molar-refractivity contribution in [2.45, 2.75) is 45.3 Å². The predicted molar refractivity (Wildman–Crippen MR) is 64.4 cm³/mol. The molecule has 1 rings (SSSR count). The molecule has 0 aromatic carbocycles. The van der Waals surface area contributed by atoms with Crippen LogP contribution in [0.3, 0.4) is 0 Å². The van der Waals surface area contributed by atoms with E-state index in [1.165, 1.54) is 0 Å². The molecule has 0 atom stereocenters. The zero-order chi connectivity index (χ0) is 12.2. The number of hydrogen-bond acceptors (Lipinski definition) is 3. The second-order valence-corrected chi connectivity index (χ2v) is 5.09. The average molecular weight is 228 g/mol. The molecule has 0 aliphatic carbocycles. The van der Waals surface area contributed by atoms with Gasteiger partial charge in [-0.2, -0.15) is 0 Å². The molecule has 1 fully saturated rings. The Hall–Kier alpha value is -0.610. The standard InChI is InChI=1S/C12H24N2O2/c1-10(15)14(9-12(2,3)16-4)11-5-7-13-8-6-11/h11,13H,5-9H2,1-4H3. The van der Waals surface area contributed by atoms with E-state index in [0.717, 1.165) is 25.9 Å². The minimum absolute atomic E-state index is 0.150. The van der Waals surface area contributed by atoms with Crippen molar-refractivity contribution in [2.24, 2.45) is 0 Å². The van der Waals surface area contributed by atoms with Crippen LogP contribution in [0.4, 0.5) is 0 Å². The van der Waals surface area contributed by atoms with Gasteiger partial charge in [-0.1, -0.05) is 0 Å². The summed E-state index contributed by atoms with van der Waals surface area (Å²) in [6.07, 6.45) is 2.08. The molecule has 94 valence electrons. The van der Waals surface area contributed by atoms with E-state index in [0.29, 0.717) is 12.6 Å². The van der Waals surface area contributed by atoms with Gasteiger partial charge in [-0.3, -0.25) is 4.79 Å². The third-order valence-electron chi connectivity index (χ3n) is 3.26. The van der Waals surface area contributed by atoms with Crippen molar-refractivity contribution in [3.63, 3.8) is 0 Å². The van der Waals surface area contributed by atoms with Crippen molar-refractivity contribution in [3.8, 4) is 0 Å². The molecule has 0 spiro atoms. The first-order chi connectivity index (χ1) is 7.46. The molecule has 0 radical (unpaired) electrons. The van der Waals surface area contributed by atoms with E-state index in [9.17, 15) is 4.79 Å². The monoisotopic (exact) mass is 228 g/mol. The van der Waals surface area contributed by atoms with Crippen LogP contribution < -0.4 is 5.32 Å². The number of ether oxygens (including phenoxy) is 1. The van der Waals surface area contributed by atoms with E-state index in [2.05, 4.69) is 5.32 Å². The van der Waals surface area contributed by atoms with Gasteiger partial charge in [0, 0.05) is 26.6 Å². The SMILES string of the molecule is COC(C)(C)CN(C(C)=O)C1CCNCC1. The Bertz CT molecular complexity index is 235. The van der Waals surface area contributed by atoms with Crippen LogP contribution in [-0.2, 0) is 9.53 Å². The summed E-state index contributed by atoms with van der Waals surface area (Å²) in [5, 5.41) is 3.32. The lowest BCUT2D eigenvalue weighted by Crippen LogP contribution is -2.51. The van der Waals surface area contributed by atoms with Crippen molar-refractivity contribution in [1.82, 2.24) is 10.2 Å². The molecular weight excluding hydrogens is 204 g/mol. The van der Waals surface area contributed by atoms with Gasteiger partial charge in [-0.15, -0.1) is 0 Å². The van der Waals surface area contributed by atoms with Gasteiger partial charge < -0.3 is 15.0 Å². The Balaban J connectivity index is 2.63. The van der Waals surface area contributed by atoms with Gasteiger partial charge in [0.25, 0.3) is 0 Å². The summed E-state index contributed by atoms with van der Waals surface area (Å²) in [7, 11) is 1.70. The summed E-state index contributed by atoms with van der Waals surface area (Å²) in [5.41, 5.74) is -0.267. The van der Waals surface area contributed by atoms with Crippen molar-refractivity contribution < 1.29 is 9.53 Å². The first-order valence-corrected chi connectivity index (χ1v) is 5.99. The van der Waals surface area contributed by atoms with Crippen LogP contribution in [0.2, 0.25) is 0 Å². The molecule has 0 aromatic heterocycles. The van der Waals surface area contributed by atoms with Crippen LogP contribution in [0.5, 0.6) is 0 Å². The van der Waals surface area contributed by atoms with Gasteiger partial charge in [0.05, 0.1) is 5.60 Å². The maximum Gasteiger partial charge on any atom is 0.219 e. The molecule has 0 unspecified atom stereocenters. The first-order valence-electron chi connectivity index (χ1n) is 5.99. The number of hydrogen-bond donors (Lipinski definition) is 1. The fraction of sp³-hybridized carbons (Fsp3) is 0.917. The molecule has 1 amide bonds. The zero-order valence-corrected chi connectivity index (χ0v) is 10.9. The van der Waals surface area contributed by atoms with Gasteiger partial charge in [-0.05, 0) is 39.8 Å². The fourth-order valence-electron chi connectivity index (χ4n) is 2.09. The summed E-state index contributed by atoms with van der Waals surface area (Å²) < 4.78 is 5.40. The Morgan fingerprint density at radius 2 is 2.00 bits per heavy atom. The Kier molecular flexibility index (Phi) is 4.74. The van der Waals surface area contributed by atoms with Crippen LogP contribution in [-0.4, -0.2) is 49.2 Å². The molecule has 16 heavy (non-hydrogen) atoms. The van der Waals surface area contributed by atoms with Crippen molar-refractivity contribution >= 4 is 5.91 Å². The van der Waals surface area contributed by atoms with Crippen LogP contribution in [0.15, 0.2) is 0 Å². The number of nitrogens with one attached hydrogen (secondary N) is 1. The molecule has 4 heteroatoms. The highest BCUT2D eigenvalue weighted by atomic mass is 16.5. The number of amides is 1. The number of piperidine rings is 1. The van der Waals surface area contributed by atoms with E-state index in [-0.39, 0.29) is 11.5 Å². The van der Waals surface area contributed by atoms with E-state index in [4.69, 9.17) is 4.74 Å². The lowest BCUT2D eigenvalue weighted by Gasteiger charge is -2.38. The minimum Gasteiger partial charge on any atom is -0.377 e. The quantitative estimate of drug-likeness (QED) is 0.781. The van der Waals surface area contributed by atoms with Gasteiger partial charge in [-0.25, -0.2) is 0 Å². The third kappa shape index (κ3) is 3.76. The van der Waals surface area contributed by atoms with Crippen molar-refractivity contribution in [2.75, 3.05) is 26.7 Å². The number of carbonyl (C=O) groups is 1. The molecule has 1 N–H and O–H groups in total. The van der Waals surface area contributed by atoms with Crippen molar-refractivity contribution in [1.29, 1.82) is 0 Å². The van der Waals surface area contributed by atoms with Crippen LogP contribution in [0.25, 0.3) is 0 Å². The molecule has 0 aromatic rings. The number of methoxy groups -OCH3 is 1.